The van der Waals surface area contributed by atoms with Crippen LogP contribution in [0.4, 0.5) is 5.69 Å². The SMILES string of the molecule is CC(=O)NC1C(Oc2ccc([N+](=O)[O-])cc2)OC(CO)C(O)C1OC1OC(COC2(C(=O)O)CC(O)C(NC(C)=O)C([C@@H](O)[C@@H](O)CO)O2)C(O)C(O)C1O. The molecule has 3 aliphatic rings. The third kappa shape index (κ3) is 9.99. The van der Waals surface area contributed by atoms with E-state index in [1.165, 1.54) is 12.1 Å². The summed E-state index contributed by atoms with van der Waals surface area (Å²) in [5.74, 6) is -6.27. The number of aliphatic hydroxyl groups excluding tert-OH is 9. The van der Waals surface area contributed by atoms with Crippen molar-refractivity contribution in [3.63, 3.8) is 0 Å². The molecule has 2 amide bonds. The summed E-state index contributed by atoms with van der Waals surface area (Å²) in [5, 5.41) is 121. The fourth-order valence-corrected chi connectivity index (χ4v) is 6.31. The van der Waals surface area contributed by atoms with Gasteiger partial charge in [0.2, 0.25) is 18.1 Å². The number of carboxylic acid groups (broad SMARTS) is 1. The van der Waals surface area contributed by atoms with Crippen molar-refractivity contribution < 1.29 is 98.8 Å². The molecule has 0 saturated carbocycles. The molecular weight excluding hydrogens is 750 g/mol. The van der Waals surface area contributed by atoms with Crippen LogP contribution < -0.4 is 15.4 Å². The van der Waals surface area contributed by atoms with E-state index < -0.39 is 147 Å². The highest BCUT2D eigenvalue weighted by Crippen LogP contribution is 2.36. The lowest BCUT2D eigenvalue weighted by Gasteiger charge is -2.48. The Kier molecular flexibility index (Phi) is 14.8. The molecule has 3 heterocycles. The molecule has 3 fully saturated rings. The Bertz CT molecular complexity index is 1490. The molecule has 310 valence electrons. The quantitative estimate of drug-likeness (QED) is 0.0580. The van der Waals surface area contributed by atoms with Gasteiger partial charge in [-0.05, 0) is 12.1 Å². The number of ether oxygens (including phenoxy) is 6. The normalized spacial score (nSPS) is 37.6. The minimum Gasteiger partial charge on any atom is -0.477 e. The first kappa shape index (κ1) is 44.0. The summed E-state index contributed by atoms with van der Waals surface area (Å²) in [5.41, 5.74) is -0.282. The summed E-state index contributed by atoms with van der Waals surface area (Å²) in [6.45, 7) is -0.781. The number of carboxylic acids is 1. The van der Waals surface area contributed by atoms with Crippen LogP contribution in [0.2, 0.25) is 0 Å². The molecular formula is C31H45N3O21. The number of amides is 2. The Labute approximate surface area is 310 Å². The first-order valence-electron chi connectivity index (χ1n) is 16.8. The number of non-ortho nitro benzene ring substituents is 1. The number of nitrogens with one attached hydrogen (secondary N) is 2. The summed E-state index contributed by atoms with van der Waals surface area (Å²) in [6, 6.07) is 1.61. The maximum Gasteiger partial charge on any atom is 0.364 e. The lowest BCUT2D eigenvalue weighted by Crippen LogP contribution is -2.69. The van der Waals surface area contributed by atoms with Gasteiger partial charge >= 0.3 is 5.97 Å². The molecule has 0 spiro atoms. The van der Waals surface area contributed by atoms with E-state index in [-0.39, 0.29) is 11.4 Å². The number of aliphatic hydroxyl groups is 9. The molecule has 1 aromatic carbocycles. The highest BCUT2D eigenvalue weighted by Gasteiger charge is 2.57. The number of nitro benzene ring substituents is 1. The van der Waals surface area contributed by atoms with Crippen molar-refractivity contribution in [2.75, 3.05) is 19.8 Å². The van der Waals surface area contributed by atoms with Crippen LogP contribution >= 0.6 is 0 Å². The molecule has 14 unspecified atom stereocenters. The zero-order chi connectivity index (χ0) is 40.9. The number of aliphatic carboxylic acids is 1. The molecule has 0 radical (unpaired) electrons. The van der Waals surface area contributed by atoms with Crippen molar-refractivity contribution in [2.45, 2.75) is 118 Å². The largest absolute Gasteiger partial charge is 0.477 e. The number of carbonyl (C=O) groups excluding carboxylic acids is 2. The molecule has 1 aromatic rings. The van der Waals surface area contributed by atoms with E-state index in [0.717, 1.165) is 26.0 Å². The fourth-order valence-electron chi connectivity index (χ4n) is 6.31. The van der Waals surface area contributed by atoms with E-state index in [2.05, 4.69) is 10.6 Å². The van der Waals surface area contributed by atoms with Crippen LogP contribution in [-0.2, 0) is 38.1 Å². The van der Waals surface area contributed by atoms with E-state index in [4.69, 9.17) is 28.4 Å². The van der Waals surface area contributed by atoms with Crippen LogP contribution in [0.3, 0.4) is 0 Å². The van der Waals surface area contributed by atoms with Gasteiger partial charge in [0.1, 0.15) is 72.8 Å². The number of hydrogen-bond donors (Lipinski definition) is 12. The monoisotopic (exact) mass is 795 g/mol. The van der Waals surface area contributed by atoms with Crippen molar-refractivity contribution in [3.05, 3.63) is 34.4 Å². The Morgan fingerprint density at radius 3 is 2.05 bits per heavy atom. The van der Waals surface area contributed by atoms with Gasteiger partial charge in [-0.3, -0.25) is 19.7 Å². The predicted molar refractivity (Wildman–Crippen MR) is 173 cm³/mol. The Morgan fingerprint density at radius 1 is 0.909 bits per heavy atom. The summed E-state index contributed by atoms with van der Waals surface area (Å²) >= 11 is 0. The van der Waals surface area contributed by atoms with Gasteiger partial charge in [0.15, 0.2) is 6.29 Å². The highest BCUT2D eigenvalue weighted by molar-refractivity contribution is 5.76. The standard InChI is InChI=1S/C31H45N3O21/c1-11(37)32-19-15(39)7-31(30(46)47,55-27(19)21(41)16(40)8-35)50-10-18-22(42)24(44)25(45)29(53-18)54-26-20(33-12(2)38)28(52-17(9-36)23(26)43)51-14-5-3-13(4-6-14)34(48)49/h3-6,15-29,35-36,39-45H,7-10H2,1-2H3,(H,32,37)(H,33,38)(H,46,47)/t15?,16-,17?,18?,19?,20?,21-,22?,23?,24?,25?,26?,27?,28?,29?,31?/m0/s1. The van der Waals surface area contributed by atoms with Gasteiger partial charge in [-0.15, -0.1) is 0 Å². The summed E-state index contributed by atoms with van der Waals surface area (Å²) in [7, 11) is 0. The second kappa shape index (κ2) is 18.5. The van der Waals surface area contributed by atoms with Crippen LogP contribution in [0.5, 0.6) is 5.75 Å². The Morgan fingerprint density at radius 2 is 1.51 bits per heavy atom. The minimum atomic E-state index is -2.89. The third-order valence-corrected chi connectivity index (χ3v) is 9.15. The first-order chi connectivity index (χ1) is 25.8. The number of benzene rings is 1. The Hall–Kier alpha value is -3.73. The molecule has 24 heteroatoms. The van der Waals surface area contributed by atoms with E-state index in [0.29, 0.717) is 0 Å². The van der Waals surface area contributed by atoms with E-state index in [1.54, 1.807) is 0 Å². The average molecular weight is 796 g/mol. The molecule has 55 heavy (non-hydrogen) atoms. The topological polar surface area (TPSA) is 376 Å². The molecule has 12 N–H and O–H groups in total. The number of nitro groups is 1. The highest BCUT2D eigenvalue weighted by atomic mass is 16.8. The van der Waals surface area contributed by atoms with E-state index >= 15 is 0 Å². The molecule has 3 saturated heterocycles. The van der Waals surface area contributed by atoms with Crippen molar-refractivity contribution >= 4 is 23.5 Å². The molecule has 0 aliphatic carbocycles. The number of rotatable bonds is 15. The molecule has 3 aliphatic heterocycles. The lowest BCUT2D eigenvalue weighted by atomic mass is 9.88. The molecule has 0 bridgehead atoms. The maximum absolute atomic E-state index is 12.6. The number of nitrogens with zero attached hydrogens (tertiary/aromatic N) is 1. The van der Waals surface area contributed by atoms with Gasteiger partial charge in [-0.1, -0.05) is 0 Å². The lowest BCUT2D eigenvalue weighted by molar-refractivity contribution is -0.384. The zero-order valence-electron chi connectivity index (χ0n) is 29.2. The van der Waals surface area contributed by atoms with Crippen LogP contribution in [0, 0.1) is 10.1 Å². The molecule has 16 atom stereocenters. The molecule has 4 rings (SSSR count). The smallest absolute Gasteiger partial charge is 0.364 e. The first-order valence-corrected chi connectivity index (χ1v) is 16.8. The van der Waals surface area contributed by atoms with Crippen LogP contribution in [-0.4, -0.2) is 191 Å². The van der Waals surface area contributed by atoms with Gasteiger partial charge in [0.05, 0.1) is 36.9 Å². The number of carbonyl (C=O) groups is 3. The van der Waals surface area contributed by atoms with Gasteiger partial charge in [0.25, 0.3) is 11.5 Å². The molecule has 24 nitrogen and oxygen atoms in total. The van der Waals surface area contributed by atoms with Gasteiger partial charge in [-0.25, -0.2) is 4.79 Å². The fraction of sp³-hybridized carbons (Fsp3) is 0.710. The summed E-state index contributed by atoms with van der Waals surface area (Å²) in [4.78, 5) is 47.1. The van der Waals surface area contributed by atoms with Crippen LogP contribution in [0.1, 0.15) is 20.3 Å². The van der Waals surface area contributed by atoms with Crippen LogP contribution in [0.25, 0.3) is 0 Å². The summed E-state index contributed by atoms with van der Waals surface area (Å²) in [6.07, 6.45) is -25.3. The van der Waals surface area contributed by atoms with Crippen molar-refractivity contribution in [2.24, 2.45) is 0 Å². The Balaban J connectivity index is 1.59. The van der Waals surface area contributed by atoms with Crippen molar-refractivity contribution in [1.29, 1.82) is 0 Å². The van der Waals surface area contributed by atoms with Crippen LogP contribution in [0.15, 0.2) is 24.3 Å². The zero-order valence-corrected chi connectivity index (χ0v) is 29.2. The van der Waals surface area contributed by atoms with Gasteiger partial charge in [-0.2, -0.15) is 0 Å². The maximum atomic E-state index is 12.6. The van der Waals surface area contributed by atoms with E-state index in [9.17, 15) is 75.6 Å². The van der Waals surface area contributed by atoms with Crippen molar-refractivity contribution in [3.8, 4) is 5.75 Å². The average Bonchev–Trinajstić information content (AvgIpc) is 3.13. The second-order valence-corrected chi connectivity index (χ2v) is 13.1. The molecule has 0 aromatic heterocycles. The second-order valence-electron chi connectivity index (χ2n) is 13.1. The van der Waals surface area contributed by atoms with Gasteiger partial charge < -0.3 is 90.1 Å². The number of hydrogen-bond acceptors (Lipinski definition) is 20. The summed E-state index contributed by atoms with van der Waals surface area (Å²) < 4.78 is 34.0. The van der Waals surface area contributed by atoms with Crippen molar-refractivity contribution in [1.82, 2.24) is 10.6 Å². The van der Waals surface area contributed by atoms with Gasteiger partial charge in [0, 0.05) is 32.4 Å². The third-order valence-electron chi connectivity index (χ3n) is 9.15. The predicted octanol–water partition coefficient (Wildman–Crippen LogP) is -6.08. The van der Waals surface area contributed by atoms with E-state index in [1.807, 2.05) is 0 Å². The minimum absolute atomic E-state index is 0.0195.